The lowest BCUT2D eigenvalue weighted by Gasteiger charge is -2.24. The predicted molar refractivity (Wildman–Crippen MR) is 80.2 cm³/mol. The summed E-state index contributed by atoms with van der Waals surface area (Å²) in [5.41, 5.74) is 1.32. The van der Waals surface area contributed by atoms with Crippen LogP contribution in [-0.4, -0.2) is 31.1 Å². The molecule has 0 saturated carbocycles. The maximum atomic E-state index is 5.89. The van der Waals surface area contributed by atoms with Crippen LogP contribution in [0.15, 0.2) is 24.3 Å². The normalized spacial score (nSPS) is 12.9. The number of benzene rings is 1. The maximum Gasteiger partial charge on any atom is 0.0406 e. The molecule has 3 heteroatoms. The monoisotopic (exact) mass is 268 g/mol. The van der Waals surface area contributed by atoms with E-state index in [1.165, 1.54) is 18.4 Å². The van der Waals surface area contributed by atoms with Gasteiger partial charge in [0.15, 0.2) is 0 Å². The van der Waals surface area contributed by atoms with Gasteiger partial charge < -0.3 is 5.32 Å². The van der Waals surface area contributed by atoms with Gasteiger partial charge in [0.05, 0.1) is 0 Å². The van der Waals surface area contributed by atoms with Crippen LogP contribution in [0.4, 0.5) is 0 Å². The first-order valence-corrected chi connectivity index (χ1v) is 7.16. The summed E-state index contributed by atoms with van der Waals surface area (Å²) in [7, 11) is 2.19. The Kier molecular flexibility index (Phi) is 7.33. The molecular formula is C15H25ClN2. The van der Waals surface area contributed by atoms with Crippen LogP contribution in [0, 0.1) is 0 Å². The number of hydrogen-bond donors (Lipinski definition) is 1. The summed E-state index contributed by atoms with van der Waals surface area (Å²) in [6.45, 7) is 7.61. The zero-order valence-electron chi connectivity index (χ0n) is 11.7. The molecule has 0 aliphatic heterocycles. The van der Waals surface area contributed by atoms with Gasteiger partial charge >= 0.3 is 0 Å². The van der Waals surface area contributed by atoms with Gasteiger partial charge in [-0.25, -0.2) is 0 Å². The summed E-state index contributed by atoms with van der Waals surface area (Å²) in [5, 5.41) is 4.17. The Morgan fingerprint density at radius 1 is 1.28 bits per heavy atom. The minimum Gasteiger partial charge on any atom is -0.317 e. The maximum absolute atomic E-state index is 5.89. The molecule has 18 heavy (non-hydrogen) atoms. The van der Waals surface area contributed by atoms with E-state index in [4.69, 9.17) is 11.6 Å². The lowest BCUT2D eigenvalue weighted by atomic mass is 10.1. The highest BCUT2D eigenvalue weighted by atomic mass is 35.5. The summed E-state index contributed by atoms with van der Waals surface area (Å²) < 4.78 is 0. The Morgan fingerprint density at radius 3 is 2.56 bits per heavy atom. The van der Waals surface area contributed by atoms with Gasteiger partial charge in [-0.3, -0.25) is 4.90 Å². The number of hydrogen-bond acceptors (Lipinski definition) is 2. The lowest BCUT2D eigenvalue weighted by Crippen LogP contribution is -2.29. The Balaban J connectivity index is 2.30. The first-order valence-electron chi connectivity index (χ1n) is 6.79. The molecular weight excluding hydrogens is 244 g/mol. The van der Waals surface area contributed by atoms with Crippen LogP contribution in [0.1, 0.15) is 32.3 Å². The summed E-state index contributed by atoms with van der Waals surface area (Å²) in [6, 6.07) is 8.73. The van der Waals surface area contributed by atoms with Gasteiger partial charge in [0.1, 0.15) is 0 Å². The molecule has 0 saturated heterocycles. The second-order valence-electron chi connectivity index (χ2n) is 4.89. The van der Waals surface area contributed by atoms with E-state index in [0.29, 0.717) is 6.04 Å². The molecule has 0 bridgehead atoms. The standard InChI is InChI=1S/C15H25ClN2/c1-4-17-11-5-6-13(2)18(3)12-14-7-9-15(16)10-8-14/h7-10,13,17H,4-6,11-12H2,1-3H3. The van der Waals surface area contributed by atoms with Crippen LogP contribution in [0.5, 0.6) is 0 Å². The Labute approximate surface area is 116 Å². The second kappa shape index (κ2) is 8.52. The number of nitrogens with zero attached hydrogens (tertiary/aromatic N) is 1. The first kappa shape index (κ1) is 15.5. The van der Waals surface area contributed by atoms with Crippen LogP contribution in [0.2, 0.25) is 5.02 Å². The summed E-state index contributed by atoms with van der Waals surface area (Å²) >= 11 is 5.89. The third-order valence-corrected chi connectivity index (χ3v) is 3.58. The molecule has 0 amide bonds. The van der Waals surface area contributed by atoms with E-state index >= 15 is 0 Å². The van der Waals surface area contributed by atoms with E-state index in [0.717, 1.165) is 24.7 Å². The second-order valence-corrected chi connectivity index (χ2v) is 5.32. The fourth-order valence-electron chi connectivity index (χ4n) is 1.95. The van der Waals surface area contributed by atoms with Gasteiger partial charge in [-0.1, -0.05) is 30.7 Å². The molecule has 102 valence electrons. The molecule has 1 aromatic carbocycles. The van der Waals surface area contributed by atoms with Crippen molar-refractivity contribution in [3.05, 3.63) is 34.9 Å². The van der Waals surface area contributed by atoms with Crippen LogP contribution >= 0.6 is 11.6 Å². The van der Waals surface area contributed by atoms with Gasteiger partial charge in [-0.2, -0.15) is 0 Å². The molecule has 2 nitrogen and oxygen atoms in total. The third-order valence-electron chi connectivity index (χ3n) is 3.32. The van der Waals surface area contributed by atoms with Crippen molar-refractivity contribution in [2.24, 2.45) is 0 Å². The van der Waals surface area contributed by atoms with Crippen LogP contribution in [0.25, 0.3) is 0 Å². The Bertz CT molecular complexity index is 324. The molecule has 0 aliphatic carbocycles. The number of nitrogens with one attached hydrogen (secondary N) is 1. The Hall–Kier alpha value is -0.570. The molecule has 0 fully saturated rings. The molecule has 1 aromatic rings. The minimum absolute atomic E-state index is 0.610. The third kappa shape index (κ3) is 5.85. The average Bonchev–Trinajstić information content (AvgIpc) is 2.37. The van der Waals surface area contributed by atoms with Gasteiger partial charge in [0, 0.05) is 17.6 Å². The van der Waals surface area contributed by atoms with E-state index < -0.39 is 0 Å². The molecule has 0 heterocycles. The molecule has 0 aliphatic rings. The van der Waals surface area contributed by atoms with Gasteiger partial charge in [-0.05, 0) is 57.6 Å². The van der Waals surface area contributed by atoms with Crippen LogP contribution < -0.4 is 5.32 Å². The average molecular weight is 269 g/mol. The van der Waals surface area contributed by atoms with Crippen molar-refractivity contribution in [2.45, 2.75) is 39.3 Å². The fraction of sp³-hybridized carbons (Fsp3) is 0.600. The number of halogens is 1. The van der Waals surface area contributed by atoms with E-state index in [1.54, 1.807) is 0 Å². The summed E-state index contributed by atoms with van der Waals surface area (Å²) in [4.78, 5) is 2.40. The molecule has 0 aromatic heterocycles. The van der Waals surface area contributed by atoms with E-state index in [2.05, 4.69) is 43.2 Å². The molecule has 1 atom stereocenters. The predicted octanol–water partition coefficient (Wildman–Crippen LogP) is 3.55. The van der Waals surface area contributed by atoms with Crippen LogP contribution in [-0.2, 0) is 6.54 Å². The topological polar surface area (TPSA) is 15.3 Å². The van der Waals surface area contributed by atoms with Crippen molar-refractivity contribution >= 4 is 11.6 Å². The minimum atomic E-state index is 0.610. The largest absolute Gasteiger partial charge is 0.317 e. The SMILES string of the molecule is CCNCCCC(C)N(C)Cc1ccc(Cl)cc1. The zero-order valence-corrected chi connectivity index (χ0v) is 12.5. The quantitative estimate of drug-likeness (QED) is 0.726. The number of rotatable bonds is 8. The van der Waals surface area contributed by atoms with Crippen LogP contribution in [0.3, 0.4) is 0 Å². The van der Waals surface area contributed by atoms with E-state index in [-0.39, 0.29) is 0 Å². The Morgan fingerprint density at radius 2 is 1.94 bits per heavy atom. The molecule has 0 spiro atoms. The highest BCUT2D eigenvalue weighted by Crippen LogP contribution is 2.13. The van der Waals surface area contributed by atoms with Gasteiger partial charge in [0.2, 0.25) is 0 Å². The molecule has 0 radical (unpaired) electrons. The summed E-state index contributed by atoms with van der Waals surface area (Å²) in [5.74, 6) is 0. The lowest BCUT2D eigenvalue weighted by molar-refractivity contribution is 0.234. The van der Waals surface area contributed by atoms with Crippen molar-refractivity contribution in [1.29, 1.82) is 0 Å². The van der Waals surface area contributed by atoms with E-state index in [9.17, 15) is 0 Å². The van der Waals surface area contributed by atoms with Crippen molar-refractivity contribution in [2.75, 3.05) is 20.1 Å². The van der Waals surface area contributed by atoms with Gasteiger partial charge in [-0.15, -0.1) is 0 Å². The van der Waals surface area contributed by atoms with Crippen molar-refractivity contribution in [3.8, 4) is 0 Å². The highest BCUT2D eigenvalue weighted by molar-refractivity contribution is 6.30. The first-order chi connectivity index (χ1) is 8.63. The summed E-state index contributed by atoms with van der Waals surface area (Å²) in [6.07, 6.45) is 2.47. The zero-order chi connectivity index (χ0) is 13.4. The highest BCUT2D eigenvalue weighted by Gasteiger charge is 2.09. The molecule has 1 N–H and O–H groups in total. The van der Waals surface area contributed by atoms with Crippen molar-refractivity contribution in [3.63, 3.8) is 0 Å². The fourth-order valence-corrected chi connectivity index (χ4v) is 2.08. The van der Waals surface area contributed by atoms with Gasteiger partial charge in [0.25, 0.3) is 0 Å². The molecule has 1 unspecified atom stereocenters. The van der Waals surface area contributed by atoms with Crippen molar-refractivity contribution < 1.29 is 0 Å². The van der Waals surface area contributed by atoms with Crippen molar-refractivity contribution in [1.82, 2.24) is 10.2 Å². The smallest absolute Gasteiger partial charge is 0.0406 e. The molecule has 1 rings (SSSR count). The van der Waals surface area contributed by atoms with E-state index in [1.807, 2.05) is 12.1 Å².